The summed E-state index contributed by atoms with van der Waals surface area (Å²) in [6.07, 6.45) is 16.0. The normalized spacial score (nSPS) is 11.7. The molecule has 0 fully saturated rings. The van der Waals surface area contributed by atoms with Gasteiger partial charge in [-0.15, -0.1) is 0 Å². The lowest BCUT2D eigenvalue weighted by Crippen LogP contribution is -2.14. The fourth-order valence-corrected chi connectivity index (χ4v) is 7.58. The molecule has 4 N–H and O–H groups in total. The smallest absolute Gasteiger partial charge is 0.228 e. The minimum Gasteiger partial charge on any atom is -0.335 e. The summed E-state index contributed by atoms with van der Waals surface area (Å²) in [5, 5.41) is 17.2. The lowest BCUT2D eigenvalue weighted by atomic mass is 10.1. The molecular formula is C45H34N16O. The standard InChI is InChI=1S/C45H34N16O/c1-60(2)24-26-10-27(17-47-16-26)29-13-32-40(57-58-42(32)50-19-29)43-54-35-15-38(49-23-37(35)56-43)61-45-33(41(59-61)44-53-34-8-9-46-22-36(34)55-44)14-30(20-51-45)28-12-31(21-48-18-28)52-39(62)11-25-6-4-3-5-7-25/h3-10,12-23H,11,24H2,1-2H3,(H,52,62)(H,53,55)(H,54,56)(H,50,57,58). The third kappa shape index (κ3) is 6.83. The van der Waals surface area contributed by atoms with Crippen LogP contribution >= 0.6 is 0 Å². The van der Waals surface area contributed by atoms with Crippen LogP contribution in [0.1, 0.15) is 11.1 Å². The lowest BCUT2D eigenvalue weighted by Gasteiger charge is -2.10. The van der Waals surface area contributed by atoms with E-state index in [4.69, 9.17) is 25.0 Å². The predicted octanol–water partition coefficient (Wildman–Crippen LogP) is 6.94. The summed E-state index contributed by atoms with van der Waals surface area (Å²) in [6, 6.07) is 21.3. The van der Waals surface area contributed by atoms with E-state index in [0.29, 0.717) is 62.3 Å². The maximum atomic E-state index is 12.9. The number of anilines is 1. The van der Waals surface area contributed by atoms with Gasteiger partial charge in [0.1, 0.15) is 11.4 Å². The highest BCUT2D eigenvalue weighted by molar-refractivity contribution is 5.97. The van der Waals surface area contributed by atoms with Crippen molar-refractivity contribution in [2.75, 3.05) is 19.4 Å². The number of H-pyrrole nitrogens is 3. The van der Waals surface area contributed by atoms with Gasteiger partial charge < -0.3 is 20.2 Å². The Morgan fingerprint density at radius 1 is 0.677 bits per heavy atom. The first-order valence-corrected chi connectivity index (χ1v) is 19.7. The summed E-state index contributed by atoms with van der Waals surface area (Å²) in [7, 11) is 4.06. The molecule has 0 radical (unpaired) electrons. The van der Waals surface area contributed by atoms with Gasteiger partial charge in [0.15, 0.2) is 28.8 Å². The van der Waals surface area contributed by atoms with Crippen molar-refractivity contribution in [3.05, 3.63) is 134 Å². The van der Waals surface area contributed by atoms with E-state index >= 15 is 0 Å². The maximum Gasteiger partial charge on any atom is 0.228 e. The first-order chi connectivity index (χ1) is 30.4. The number of benzene rings is 1. The van der Waals surface area contributed by atoms with Crippen LogP contribution in [0.5, 0.6) is 0 Å². The molecule has 0 saturated carbocycles. The van der Waals surface area contributed by atoms with Gasteiger partial charge in [-0.2, -0.15) is 14.9 Å². The highest BCUT2D eigenvalue weighted by atomic mass is 16.1. The third-order valence-electron chi connectivity index (χ3n) is 10.4. The van der Waals surface area contributed by atoms with Crippen molar-refractivity contribution in [3.8, 4) is 51.1 Å². The van der Waals surface area contributed by atoms with Crippen molar-refractivity contribution in [3.63, 3.8) is 0 Å². The number of fused-ring (bicyclic) bond motifs is 4. The number of imidazole rings is 2. The number of hydrogen-bond acceptors (Lipinski definition) is 12. The van der Waals surface area contributed by atoms with Gasteiger partial charge in [0.2, 0.25) is 5.91 Å². The topological polar surface area (TPSA) is 214 Å². The zero-order chi connectivity index (χ0) is 41.7. The Balaban J connectivity index is 0.958. The van der Waals surface area contributed by atoms with Crippen LogP contribution in [0.15, 0.2) is 123 Å². The molecule has 0 unspecified atom stereocenters. The molecule has 0 aliphatic carbocycles. The Morgan fingerprint density at radius 2 is 1.42 bits per heavy atom. The molecule has 0 saturated heterocycles. The minimum absolute atomic E-state index is 0.140. The zero-order valence-electron chi connectivity index (χ0n) is 33.2. The number of rotatable bonds is 10. The van der Waals surface area contributed by atoms with Crippen molar-refractivity contribution in [2.45, 2.75) is 13.0 Å². The van der Waals surface area contributed by atoms with Crippen molar-refractivity contribution in [1.82, 2.24) is 74.7 Å². The molecule has 0 bridgehead atoms. The number of nitrogens with one attached hydrogen (secondary N) is 4. The fraction of sp³-hybridized carbons (Fsp3) is 0.0889. The van der Waals surface area contributed by atoms with E-state index in [1.54, 1.807) is 41.9 Å². The van der Waals surface area contributed by atoms with Crippen LogP contribution in [0.2, 0.25) is 0 Å². The van der Waals surface area contributed by atoms with Gasteiger partial charge in [0.25, 0.3) is 0 Å². The molecule has 0 atom stereocenters. The van der Waals surface area contributed by atoms with Crippen LogP contribution < -0.4 is 5.32 Å². The predicted molar refractivity (Wildman–Crippen MR) is 235 cm³/mol. The number of carbonyl (C=O) groups excluding carboxylic acids is 1. The first kappa shape index (κ1) is 36.5. The second-order valence-corrected chi connectivity index (χ2v) is 15.2. The van der Waals surface area contributed by atoms with Gasteiger partial charge in [-0.3, -0.25) is 24.8 Å². The number of hydrogen-bond donors (Lipinski definition) is 4. The summed E-state index contributed by atoms with van der Waals surface area (Å²) in [4.78, 5) is 59.2. The average Bonchev–Trinajstić information content (AvgIpc) is 4.09. The zero-order valence-corrected chi connectivity index (χ0v) is 33.2. The molecule has 10 heterocycles. The Bertz CT molecular complexity index is 3440. The van der Waals surface area contributed by atoms with Crippen LogP contribution in [0.4, 0.5) is 5.69 Å². The van der Waals surface area contributed by atoms with Crippen LogP contribution in [-0.4, -0.2) is 94.7 Å². The van der Waals surface area contributed by atoms with Crippen LogP contribution in [0.3, 0.4) is 0 Å². The van der Waals surface area contributed by atoms with Crippen molar-refractivity contribution >= 4 is 55.7 Å². The van der Waals surface area contributed by atoms with Gasteiger partial charge in [-0.1, -0.05) is 30.3 Å². The Labute approximate surface area is 351 Å². The van der Waals surface area contributed by atoms with Crippen molar-refractivity contribution in [2.24, 2.45) is 0 Å². The molecule has 300 valence electrons. The number of carbonyl (C=O) groups is 1. The average molecular weight is 815 g/mol. The summed E-state index contributed by atoms with van der Waals surface area (Å²) in [5.41, 5.74) is 11.3. The van der Waals surface area contributed by atoms with E-state index in [0.717, 1.165) is 56.3 Å². The molecule has 0 aliphatic heterocycles. The monoisotopic (exact) mass is 814 g/mol. The summed E-state index contributed by atoms with van der Waals surface area (Å²) in [6.45, 7) is 0.775. The molecule has 62 heavy (non-hydrogen) atoms. The number of nitrogens with zero attached hydrogens (tertiary/aromatic N) is 12. The quantitative estimate of drug-likeness (QED) is 0.111. The van der Waals surface area contributed by atoms with Gasteiger partial charge >= 0.3 is 0 Å². The van der Waals surface area contributed by atoms with Crippen molar-refractivity contribution < 1.29 is 4.79 Å². The molecule has 17 heteroatoms. The van der Waals surface area contributed by atoms with E-state index in [1.807, 2.05) is 93.3 Å². The van der Waals surface area contributed by atoms with Crippen LogP contribution in [0.25, 0.3) is 95.2 Å². The van der Waals surface area contributed by atoms with Gasteiger partial charge in [-0.05, 0) is 55.6 Å². The van der Waals surface area contributed by atoms with Crippen LogP contribution in [-0.2, 0) is 17.8 Å². The number of amides is 1. The van der Waals surface area contributed by atoms with Crippen molar-refractivity contribution in [1.29, 1.82) is 0 Å². The minimum atomic E-state index is -0.140. The maximum absolute atomic E-state index is 12.9. The molecule has 11 aromatic rings. The Morgan fingerprint density at radius 3 is 2.26 bits per heavy atom. The summed E-state index contributed by atoms with van der Waals surface area (Å²) < 4.78 is 1.69. The van der Waals surface area contributed by atoms with E-state index < -0.39 is 0 Å². The summed E-state index contributed by atoms with van der Waals surface area (Å²) in [5.74, 6) is 1.45. The molecule has 10 aromatic heterocycles. The molecular weight excluding hydrogens is 781 g/mol. The lowest BCUT2D eigenvalue weighted by molar-refractivity contribution is -0.115. The third-order valence-corrected chi connectivity index (χ3v) is 10.4. The largest absolute Gasteiger partial charge is 0.335 e. The number of pyridine rings is 6. The molecule has 11 rings (SSSR count). The SMILES string of the molecule is CN(C)Cc1cncc(-c2cnc3[nH]nc(-c4nc5cc(-n6nc(-c7nc8ccncc8[nH]7)c7cc(-c8cncc(NC(=O)Cc9ccccc9)c8)cnc76)ncc5[nH]4)c3c2)c1. The second kappa shape index (κ2) is 14.9. The highest BCUT2D eigenvalue weighted by Gasteiger charge is 2.22. The van der Waals surface area contributed by atoms with E-state index in [1.165, 1.54) is 0 Å². The van der Waals surface area contributed by atoms with Crippen LogP contribution in [0, 0.1) is 0 Å². The molecule has 1 amide bonds. The van der Waals surface area contributed by atoms with Gasteiger partial charge in [0, 0.05) is 72.0 Å². The van der Waals surface area contributed by atoms with Gasteiger partial charge in [-0.25, -0.2) is 24.9 Å². The molecule has 0 spiro atoms. The highest BCUT2D eigenvalue weighted by Crippen LogP contribution is 2.34. The Hall–Kier alpha value is -8.57. The fourth-order valence-electron chi connectivity index (χ4n) is 7.58. The Kier molecular flexibility index (Phi) is 8.78. The van der Waals surface area contributed by atoms with E-state index in [-0.39, 0.29) is 12.3 Å². The summed E-state index contributed by atoms with van der Waals surface area (Å²) >= 11 is 0. The van der Waals surface area contributed by atoms with E-state index in [9.17, 15) is 4.79 Å². The second-order valence-electron chi connectivity index (χ2n) is 15.2. The molecule has 17 nitrogen and oxygen atoms in total. The van der Waals surface area contributed by atoms with Gasteiger partial charge in [0.05, 0.1) is 63.5 Å². The number of aromatic amines is 3. The molecule has 1 aromatic carbocycles. The van der Waals surface area contributed by atoms with E-state index in [2.05, 4.69) is 56.4 Å². The number of aromatic nitrogens is 14. The first-order valence-electron chi connectivity index (χ1n) is 19.7. The molecule has 0 aliphatic rings.